The van der Waals surface area contributed by atoms with Crippen LogP contribution in [0, 0.1) is 5.82 Å². The van der Waals surface area contributed by atoms with Crippen LogP contribution in [0.3, 0.4) is 0 Å². The summed E-state index contributed by atoms with van der Waals surface area (Å²) in [6.07, 6.45) is 1.43. The fourth-order valence-corrected chi connectivity index (χ4v) is 2.31. The maximum absolute atomic E-state index is 13.4. The van der Waals surface area contributed by atoms with Crippen LogP contribution in [-0.2, 0) is 10.0 Å². The van der Waals surface area contributed by atoms with Crippen LogP contribution >= 0.6 is 15.9 Å². The summed E-state index contributed by atoms with van der Waals surface area (Å²) in [7, 11) is -4.07. The number of amides is 1. The summed E-state index contributed by atoms with van der Waals surface area (Å²) in [5.41, 5.74) is 0.0633. The van der Waals surface area contributed by atoms with Gasteiger partial charge in [0.15, 0.2) is 0 Å². The number of nitrogens with zero attached hydrogens (tertiary/aromatic N) is 1. The monoisotopic (exact) mass is 373 g/mol. The Kier molecular flexibility index (Phi) is 4.35. The van der Waals surface area contributed by atoms with Gasteiger partial charge in [-0.1, -0.05) is 0 Å². The van der Waals surface area contributed by atoms with Gasteiger partial charge >= 0.3 is 0 Å². The van der Waals surface area contributed by atoms with Crippen molar-refractivity contribution in [1.82, 2.24) is 4.98 Å². The lowest BCUT2D eigenvalue weighted by atomic mass is 10.3. The number of benzene rings is 1. The van der Waals surface area contributed by atoms with Crippen LogP contribution in [0.1, 0.15) is 10.5 Å². The predicted octanol–water partition coefficient (Wildman–Crippen LogP) is 1.88. The summed E-state index contributed by atoms with van der Waals surface area (Å²) >= 11 is 3.18. The highest BCUT2D eigenvalue weighted by Crippen LogP contribution is 2.18. The van der Waals surface area contributed by atoms with E-state index in [2.05, 4.69) is 26.2 Å². The fourth-order valence-electron chi connectivity index (χ4n) is 1.50. The molecular weight excluding hydrogens is 365 g/mol. The molecule has 0 spiro atoms. The van der Waals surface area contributed by atoms with Gasteiger partial charge in [-0.25, -0.2) is 22.9 Å². The highest BCUT2D eigenvalue weighted by molar-refractivity contribution is 9.10. The van der Waals surface area contributed by atoms with Crippen LogP contribution in [0.4, 0.5) is 10.1 Å². The zero-order valence-electron chi connectivity index (χ0n) is 10.4. The Labute approximate surface area is 128 Å². The third-order valence-corrected chi connectivity index (χ3v) is 3.78. The van der Waals surface area contributed by atoms with E-state index in [0.29, 0.717) is 4.47 Å². The van der Waals surface area contributed by atoms with E-state index >= 15 is 0 Å². The van der Waals surface area contributed by atoms with Crippen molar-refractivity contribution in [2.45, 2.75) is 4.90 Å². The molecule has 0 bridgehead atoms. The molecule has 0 aliphatic heterocycles. The second-order valence-corrected chi connectivity index (χ2v) is 6.51. The van der Waals surface area contributed by atoms with E-state index in [4.69, 9.17) is 5.14 Å². The molecule has 1 amide bonds. The molecule has 2 aromatic rings. The van der Waals surface area contributed by atoms with Crippen molar-refractivity contribution in [3.63, 3.8) is 0 Å². The first-order valence-corrected chi connectivity index (χ1v) is 7.86. The summed E-state index contributed by atoms with van der Waals surface area (Å²) in [5.74, 6) is -1.44. The van der Waals surface area contributed by atoms with Crippen molar-refractivity contribution in [1.29, 1.82) is 0 Å². The second kappa shape index (κ2) is 5.88. The SMILES string of the molecule is NS(=O)(=O)c1cc(F)cc(NC(=O)c2ccc(Br)cn2)c1. The number of hydrogen-bond donors (Lipinski definition) is 2. The topological polar surface area (TPSA) is 102 Å². The van der Waals surface area contributed by atoms with Crippen LogP contribution in [0.15, 0.2) is 45.9 Å². The Morgan fingerprint density at radius 2 is 2.00 bits per heavy atom. The third-order valence-electron chi connectivity index (χ3n) is 2.42. The van der Waals surface area contributed by atoms with Crippen LogP contribution in [-0.4, -0.2) is 19.3 Å². The number of sulfonamides is 1. The molecule has 21 heavy (non-hydrogen) atoms. The molecule has 3 N–H and O–H groups in total. The number of pyridine rings is 1. The number of nitrogens with two attached hydrogens (primary N) is 1. The zero-order chi connectivity index (χ0) is 15.6. The highest BCUT2D eigenvalue weighted by Gasteiger charge is 2.13. The maximum Gasteiger partial charge on any atom is 0.274 e. The first kappa shape index (κ1) is 15.5. The maximum atomic E-state index is 13.4. The van der Waals surface area contributed by atoms with E-state index in [9.17, 15) is 17.6 Å². The number of carbonyl (C=O) groups is 1. The lowest BCUT2D eigenvalue weighted by Gasteiger charge is -2.07. The van der Waals surface area contributed by atoms with Gasteiger partial charge in [-0.2, -0.15) is 0 Å². The molecule has 0 unspecified atom stereocenters. The largest absolute Gasteiger partial charge is 0.321 e. The molecule has 0 aliphatic rings. The van der Waals surface area contributed by atoms with Gasteiger partial charge in [0.25, 0.3) is 5.91 Å². The number of rotatable bonds is 3. The molecule has 0 radical (unpaired) electrons. The number of carbonyl (C=O) groups excluding carboxylic acids is 1. The molecule has 0 aliphatic carbocycles. The van der Waals surface area contributed by atoms with Crippen LogP contribution in [0.5, 0.6) is 0 Å². The highest BCUT2D eigenvalue weighted by atomic mass is 79.9. The van der Waals surface area contributed by atoms with E-state index in [-0.39, 0.29) is 11.4 Å². The number of anilines is 1. The van der Waals surface area contributed by atoms with Crippen molar-refractivity contribution < 1.29 is 17.6 Å². The Morgan fingerprint density at radius 1 is 1.29 bits per heavy atom. The molecule has 110 valence electrons. The van der Waals surface area contributed by atoms with Gasteiger partial charge in [0.1, 0.15) is 11.5 Å². The Hall–Kier alpha value is -1.84. The van der Waals surface area contributed by atoms with Crippen molar-refractivity contribution in [2.75, 3.05) is 5.32 Å². The number of nitrogens with one attached hydrogen (secondary N) is 1. The summed E-state index contributed by atoms with van der Waals surface area (Å²) in [4.78, 5) is 15.3. The van der Waals surface area contributed by atoms with Gasteiger partial charge in [0, 0.05) is 16.4 Å². The zero-order valence-corrected chi connectivity index (χ0v) is 12.8. The molecule has 1 aromatic carbocycles. The first-order chi connectivity index (χ1) is 9.75. The number of hydrogen-bond acceptors (Lipinski definition) is 4. The smallest absolute Gasteiger partial charge is 0.274 e. The van der Waals surface area contributed by atoms with Crippen molar-refractivity contribution >= 4 is 37.5 Å². The molecular formula is C12H9BrFN3O3S. The molecule has 0 fully saturated rings. The predicted molar refractivity (Wildman–Crippen MR) is 77.7 cm³/mol. The lowest BCUT2D eigenvalue weighted by Crippen LogP contribution is -2.16. The van der Waals surface area contributed by atoms with Crippen molar-refractivity contribution in [3.8, 4) is 0 Å². The van der Waals surface area contributed by atoms with Gasteiger partial charge in [0.05, 0.1) is 4.90 Å². The molecule has 1 heterocycles. The van der Waals surface area contributed by atoms with Crippen molar-refractivity contribution in [3.05, 3.63) is 52.5 Å². The summed E-state index contributed by atoms with van der Waals surface area (Å²) in [5, 5.41) is 7.28. The number of primary sulfonamides is 1. The normalized spacial score (nSPS) is 11.2. The molecule has 1 aromatic heterocycles. The molecule has 2 rings (SSSR count). The molecule has 0 saturated carbocycles. The second-order valence-electron chi connectivity index (χ2n) is 4.04. The third kappa shape index (κ3) is 4.06. The van der Waals surface area contributed by atoms with Crippen LogP contribution in [0.2, 0.25) is 0 Å². The van der Waals surface area contributed by atoms with Gasteiger partial charge in [-0.15, -0.1) is 0 Å². The average Bonchev–Trinajstić information content (AvgIpc) is 2.37. The minimum absolute atomic E-state index is 0.0336. The summed E-state index contributed by atoms with van der Waals surface area (Å²) in [6, 6.07) is 5.88. The lowest BCUT2D eigenvalue weighted by molar-refractivity contribution is 0.102. The van der Waals surface area contributed by atoms with Gasteiger partial charge < -0.3 is 5.32 Å². The Balaban J connectivity index is 2.29. The van der Waals surface area contributed by atoms with Gasteiger partial charge in [-0.05, 0) is 46.3 Å². The summed E-state index contributed by atoms with van der Waals surface area (Å²) in [6.45, 7) is 0. The van der Waals surface area contributed by atoms with Crippen molar-refractivity contribution in [2.24, 2.45) is 5.14 Å². The quantitative estimate of drug-likeness (QED) is 0.857. The van der Waals surface area contributed by atoms with Gasteiger partial charge in [-0.3, -0.25) is 4.79 Å². The standard InChI is InChI=1S/C12H9BrFN3O3S/c13-7-1-2-11(16-6-7)12(18)17-9-3-8(14)4-10(5-9)21(15,19)20/h1-6H,(H,17,18)(H2,15,19,20). The van der Waals surface area contributed by atoms with E-state index in [0.717, 1.165) is 18.2 Å². The Bertz CT molecular complexity index is 794. The molecule has 6 nitrogen and oxygen atoms in total. The van der Waals surface area contributed by atoms with Crippen LogP contribution < -0.4 is 10.5 Å². The first-order valence-electron chi connectivity index (χ1n) is 5.52. The van der Waals surface area contributed by atoms with E-state index < -0.39 is 26.6 Å². The van der Waals surface area contributed by atoms with Gasteiger partial charge in [0.2, 0.25) is 10.0 Å². The van der Waals surface area contributed by atoms with E-state index in [1.165, 1.54) is 12.3 Å². The minimum atomic E-state index is -4.07. The summed E-state index contributed by atoms with van der Waals surface area (Å²) < 4.78 is 36.5. The average molecular weight is 374 g/mol. The number of aromatic nitrogens is 1. The molecule has 0 saturated heterocycles. The molecule has 9 heteroatoms. The van der Waals surface area contributed by atoms with E-state index in [1.54, 1.807) is 6.07 Å². The minimum Gasteiger partial charge on any atom is -0.321 e. The number of halogens is 2. The van der Waals surface area contributed by atoms with E-state index in [1.807, 2.05) is 0 Å². The van der Waals surface area contributed by atoms with Crippen LogP contribution in [0.25, 0.3) is 0 Å². The fraction of sp³-hybridized carbons (Fsp3) is 0. The molecule has 0 atom stereocenters. The Morgan fingerprint density at radius 3 is 2.57 bits per heavy atom.